The molecule has 0 unspecified atom stereocenters. The molecule has 46 heteroatoms. The van der Waals surface area contributed by atoms with Gasteiger partial charge >= 0.3 is 83.2 Å². The van der Waals surface area contributed by atoms with Crippen molar-refractivity contribution < 1.29 is 170 Å². The molecule has 0 aromatic carbocycles. The van der Waals surface area contributed by atoms with Crippen molar-refractivity contribution in [2.45, 2.75) is 30.7 Å². The summed E-state index contributed by atoms with van der Waals surface area (Å²) in [6.07, 6.45) is -7.04. The van der Waals surface area contributed by atoms with Crippen LogP contribution in [0, 0.1) is 0 Å². The minimum absolute atomic E-state index is 0.526. The molecule has 1 aliphatic heterocycles. The third-order valence-electron chi connectivity index (χ3n) is 1.87. The second-order valence-corrected chi connectivity index (χ2v) is 13.5. The summed E-state index contributed by atoms with van der Waals surface area (Å²) >= 11 is 0. The minimum atomic E-state index is -4.67. The van der Waals surface area contributed by atoms with Gasteiger partial charge in [0.2, 0.25) is 0 Å². The third-order valence-corrected chi connectivity index (χ3v) is 1.87. The Labute approximate surface area is 290 Å². The third kappa shape index (κ3) is 258. The maximum Gasteiger partial charge on any atom is 0.394 e. The summed E-state index contributed by atoms with van der Waals surface area (Å²) in [5.41, 5.74) is 0. The fourth-order valence-corrected chi connectivity index (χ4v) is 1.08. The van der Waals surface area contributed by atoms with Crippen LogP contribution in [0.15, 0.2) is 0 Å². The van der Waals surface area contributed by atoms with E-state index in [0.717, 1.165) is 0 Å². The Morgan fingerprint density at radius 1 is 0.308 bits per heavy atom. The largest absolute Gasteiger partial charge is 0.394 e. The molecule has 21 N–H and O–H groups in total. The van der Waals surface area contributed by atoms with Crippen molar-refractivity contribution in [1.29, 1.82) is 0 Å². The molecule has 5 atom stereocenters. The Balaban J connectivity index is -0.0000000719. The van der Waals surface area contributed by atoms with Gasteiger partial charge < -0.3 is 30.3 Å². The zero-order chi connectivity index (χ0) is 45.3. The number of aliphatic hydroxyl groups is 5. The van der Waals surface area contributed by atoms with Gasteiger partial charge in [0.25, 0.3) is 0 Å². The lowest BCUT2D eigenvalue weighted by Gasteiger charge is -2.37. The highest BCUT2D eigenvalue weighted by molar-refractivity contribution is 7.81. The number of rotatable bonds is 1. The first-order chi connectivity index (χ1) is 21.6. The monoisotopic (exact) mass is 964 g/mol. The van der Waals surface area contributed by atoms with E-state index < -0.39 is 121 Å². The highest BCUT2D eigenvalue weighted by Crippen LogP contribution is 2.19. The lowest BCUT2D eigenvalue weighted by molar-refractivity contribution is -0.286. The number of hydrogen-bond donors (Lipinski definition) is 21. The Bertz CT molecular complexity index is 1370. The molecule has 0 radical (unpaired) electrons. The first kappa shape index (κ1) is 68.7. The summed E-state index contributed by atoms with van der Waals surface area (Å²) in [4.78, 5) is 0. The molecule has 0 aromatic rings. The van der Waals surface area contributed by atoms with Crippen LogP contribution in [0.1, 0.15) is 0 Å². The first-order valence-electron chi connectivity index (χ1n) is 9.15. The molecule has 1 rings (SSSR count). The lowest BCUT2D eigenvalue weighted by atomic mass is 10.00. The standard InChI is InChI=1S/C6H12O6.8H2O4S/c7-1-2-3(8)4(9)5(10)6(11)12-2;8*1-5(2,3)4/h2-11H,1H2;8*(H2,1,2,3,4)/t2-,3-,4+,5-,6+;;;;;;;;/m1......../s1. The van der Waals surface area contributed by atoms with Gasteiger partial charge in [-0.2, -0.15) is 67.3 Å². The van der Waals surface area contributed by atoms with Gasteiger partial charge in [0, 0.05) is 0 Å². The minimum Gasteiger partial charge on any atom is -0.394 e. The summed E-state index contributed by atoms with van der Waals surface area (Å²) in [7, 11) is -37.3. The fraction of sp³-hybridized carbons (Fsp3) is 1.00. The highest BCUT2D eigenvalue weighted by Gasteiger charge is 2.42. The van der Waals surface area contributed by atoms with E-state index in [1.165, 1.54) is 0 Å². The van der Waals surface area contributed by atoms with Crippen molar-refractivity contribution in [3.63, 3.8) is 0 Å². The molecule has 0 aliphatic carbocycles. The zero-order valence-corrected chi connectivity index (χ0v) is 29.7. The van der Waals surface area contributed by atoms with Gasteiger partial charge in [-0.1, -0.05) is 0 Å². The number of ether oxygens (including phenoxy) is 1. The zero-order valence-electron chi connectivity index (χ0n) is 23.2. The molecule has 38 nitrogen and oxygen atoms in total. The van der Waals surface area contributed by atoms with Crippen LogP contribution in [-0.4, -0.2) is 203 Å². The van der Waals surface area contributed by atoms with Crippen molar-refractivity contribution in [3.05, 3.63) is 0 Å². The highest BCUT2D eigenvalue weighted by atomic mass is 32.3. The molecule has 0 bridgehead atoms. The van der Waals surface area contributed by atoms with Crippen LogP contribution in [0.4, 0.5) is 0 Å². The Hall–Kier alpha value is -1.28. The van der Waals surface area contributed by atoms with Crippen LogP contribution in [0.3, 0.4) is 0 Å². The maximum atomic E-state index is 9.12. The molecular weight excluding hydrogens is 937 g/mol. The van der Waals surface area contributed by atoms with Gasteiger partial charge in [0.1, 0.15) is 24.4 Å². The Morgan fingerprint density at radius 2 is 0.442 bits per heavy atom. The second-order valence-electron chi connectivity index (χ2n) is 6.30. The molecule has 1 heterocycles. The Morgan fingerprint density at radius 3 is 0.558 bits per heavy atom. The lowest BCUT2D eigenvalue weighted by Crippen LogP contribution is -2.58. The number of aliphatic hydroxyl groups excluding tert-OH is 5. The van der Waals surface area contributed by atoms with E-state index in [1.807, 2.05) is 0 Å². The molecular formula is C6H28O38S8. The quantitative estimate of drug-likeness (QED) is 0.109. The summed E-state index contributed by atoms with van der Waals surface area (Å²) in [6, 6.07) is 0. The summed E-state index contributed by atoms with van der Waals surface area (Å²) < 4.78 is 257. The van der Waals surface area contributed by atoms with E-state index in [-0.39, 0.29) is 0 Å². The van der Waals surface area contributed by atoms with Crippen molar-refractivity contribution >= 4 is 83.2 Å². The summed E-state index contributed by atoms with van der Waals surface area (Å²) in [6.45, 7) is -0.526. The van der Waals surface area contributed by atoms with E-state index in [2.05, 4.69) is 4.74 Å². The van der Waals surface area contributed by atoms with E-state index in [0.29, 0.717) is 0 Å². The Kier molecular flexibility index (Phi) is 38.4. The number of hydrogen-bond acceptors (Lipinski definition) is 22. The summed E-state index contributed by atoms with van der Waals surface area (Å²) in [5.74, 6) is 0. The van der Waals surface area contributed by atoms with Crippen molar-refractivity contribution in [2.75, 3.05) is 6.61 Å². The first-order valence-corrected chi connectivity index (χ1v) is 20.3. The molecule has 0 aromatic heterocycles. The smallest absolute Gasteiger partial charge is 0.394 e. The van der Waals surface area contributed by atoms with Gasteiger partial charge in [-0.05, 0) is 0 Å². The maximum absolute atomic E-state index is 9.12. The normalized spacial score (nSPS) is 20.3. The van der Waals surface area contributed by atoms with E-state index >= 15 is 0 Å². The predicted octanol–water partition coefficient (Wildman–Crippen LogP) is -8.44. The van der Waals surface area contributed by atoms with Gasteiger partial charge in [-0.3, -0.25) is 72.8 Å². The average Bonchev–Trinajstić information content (AvgIpc) is 2.65. The van der Waals surface area contributed by atoms with Gasteiger partial charge in [-0.15, -0.1) is 0 Å². The van der Waals surface area contributed by atoms with Crippen LogP contribution in [0.2, 0.25) is 0 Å². The average molecular weight is 965 g/mol. The molecule has 0 amide bonds. The van der Waals surface area contributed by atoms with E-state index in [4.69, 9.17) is 166 Å². The van der Waals surface area contributed by atoms with Gasteiger partial charge in [-0.25, -0.2) is 0 Å². The van der Waals surface area contributed by atoms with E-state index in [1.54, 1.807) is 0 Å². The molecule has 52 heavy (non-hydrogen) atoms. The van der Waals surface area contributed by atoms with Crippen LogP contribution >= 0.6 is 0 Å². The van der Waals surface area contributed by atoms with E-state index in [9.17, 15) is 0 Å². The van der Waals surface area contributed by atoms with Crippen LogP contribution in [0.25, 0.3) is 0 Å². The molecule has 1 saturated heterocycles. The van der Waals surface area contributed by atoms with Crippen molar-refractivity contribution in [2.24, 2.45) is 0 Å². The molecule has 0 saturated carbocycles. The van der Waals surface area contributed by atoms with Crippen LogP contribution in [-0.2, 0) is 87.9 Å². The van der Waals surface area contributed by atoms with Crippen LogP contribution < -0.4 is 0 Å². The predicted molar refractivity (Wildman–Crippen MR) is 149 cm³/mol. The molecule has 328 valence electrons. The summed E-state index contributed by atoms with van der Waals surface area (Å²) in [5, 5.41) is 44.7. The SMILES string of the molecule is O=S(=O)(O)O.O=S(=O)(O)O.O=S(=O)(O)O.O=S(=O)(O)O.O=S(=O)(O)O.O=S(=O)(O)O.O=S(=O)(O)O.O=S(=O)(O)O.OC[C@H]1O[C@H](O)[C@H](O)[C@@H](O)[C@@H]1O. The molecule has 1 fully saturated rings. The fourth-order valence-electron chi connectivity index (χ4n) is 1.08. The molecule has 0 spiro atoms. The van der Waals surface area contributed by atoms with Crippen molar-refractivity contribution in [1.82, 2.24) is 0 Å². The van der Waals surface area contributed by atoms with Crippen molar-refractivity contribution in [3.8, 4) is 0 Å². The molecule has 1 aliphatic rings. The second kappa shape index (κ2) is 29.1. The topological polar surface area (TPSA) is 707 Å². The van der Waals surface area contributed by atoms with Crippen LogP contribution in [0.5, 0.6) is 0 Å². The van der Waals surface area contributed by atoms with Gasteiger partial charge in [0.05, 0.1) is 6.61 Å². The van der Waals surface area contributed by atoms with Gasteiger partial charge in [0.15, 0.2) is 6.29 Å².